The maximum Gasteiger partial charge on any atom is 0.389 e. The first-order chi connectivity index (χ1) is 7.81. The van der Waals surface area contributed by atoms with Crippen LogP contribution in [0.15, 0.2) is 0 Å². The van der Waals surface area contributed by atoms with Crippen LogP contribution in [0.5, 0.6) is 0 Å². The summed E-state index contributed by atoms with van der Waals surface area (Å²) in [7, 11) is 0. The fourth-order valence-electron chi connectivity index (χ4n) is 1.74. The van der Waals surface area contributed by atoms with E-state index in [9.17, 15) is 18.0 Å². The fourth-order valence-corrected chi connectivity index (χ4v) is 1.91. The number of morpholine rings is 1. The lowest BCUT2D eigenvalue weighted by atomic mass is 10.2. The fraction of sp³-hybridized carbons (Fsp3) is 0.900. The van der Waals surface area contributed by atoms with Crippen LogP contribution in [0.3, 0.4) is 0 Å². The molecule has 0 spiro atoms. The lowest BCUT2D eigenvalue weighted by molar-refractivity contribution is -0.155. The Morgan fingerprint density at radius 3 is 2.65 bits per heavy atom. The Morgan fingerprint density at radius 2 is 2.12 bits per heavy atom. The standard InChI is InChI=1S/C10H15ClF3NO2/c1-7-5-15(6-8(4-11)17-7)9(16)2-3-10(12,13)14/h7-8H,2-6H2,1H3. The largest absolute Gasteiger partial charge is 0.389 e. The van der Waals surface area contributed by atoms with Crippen LogP contribution in [0.25, 0.3) is 0 Å². The van der Waals surface area contributed by atoms with Gasteiger partial charge in [-0.05, 0) is 6.92 Å². The highest BCUT2D eigenvalue weighted by Crippen LogP contribution is 2.22. The van der Waals surface area contributed by atoms with Gasteiger partial charge in [0, 0.05) is 19.5 Å². The second-order valence-electron chi connectivity index (χ2n) is 4.14. The quantitative estimate of drug-likeness (QED) is 0.738. The van der Waals surface area contributed by atoms with E-state index in [1.807, 2.05) is 0 Å². The van der Waals surface area contributed by atoms with Crippen molar-refractivity contribution in [1.82, 2.24) is 4.90 Å². The molecule has 1 aliphatic rings. The molecule has 0 aromatic carbocycles. The Labute approximate surface area is 103 Å². The number of alkyl halides is 4. The third-order valence-electron chi connectivity index (χ3n) is 2.47. The highest BCUT2D eigenvalue weighted by molar-refractivity contribution is 6.18. The number of amides is 1. The average Bonchev–Trinajstić information content (AvgIpc) is 2.23. The number of hydrogen-bond acceptors (Lipinski definition) is 2. The molecule has 1 amide bonds. The van der Waals surface area contributed by atoms with Crippen molar-refractivity contribution in [2.45, 2.75) is 38.1 Å². The van der Waals surface area contributed by atoms with E-state index in [1.165, 1.54) is 4.90 Å². The molecule has 1 heterocycles. The Kier molecular flexibility index (Phi) is 5.06. The number of ether oxygens (including phenoxy) is 1. The van der Waals surface area contributed by atoms with Crippen LogP contribution in [0, 0.1) is 0 Å². The molecule has 0 aromatic rings. The van der Waals surface area contributed by atoms with Gasteiger partial charge in [0.1, 0.15) is 0 Å². The van der Waals surface area contributed by atoms with Gasteiger partial charge in [-0.3, -0.25) is 4.79 Å². The minimum Gasteiger partial charge on any atom is -0.370 e. The first-order valence-electron chi connectivity index (χ1n) is 5.38. The number of nitrogens with zero attached hydrogens (tertiary/aromatic N) is 1. The number of rotatable bonds is 3. The molecule has 1 rings (SSSR count). The highest BCUT2D eigenvalue weighted by atomic mass is 35.5. The predicted octanol–water partition coefficient (Wildman–Crippen LogP) is 2.18. The van der Waals surface area contributed by atoms with E-state index in [1.54, 1.807) is 6.92 Å². The summed E-state index contributed by atoms with van der Waals surface area (Å²) in [5, 5.41) is 0. The zero-order valence-corrected chi connectivity index (χ0v) is 10.2. The van der Waals surface area contributed by atoms with Crippen molar-refractivity contribution in [3.05, 3.63) is 0 Å². The summed E-state index contributed by atoms with van der Waals surface area (Å²) in [4.78, 5) is 13.0. The van der Waals surface area contributed by atoms with Gasteiger partial charge in [-0.25, -0.2) is 0 Å². The summed E-state index contributed by atoms with van der Waals surface area (Å²) in [5.74, 6) is -0.263. The molecular weight excluding hydrogens is 259 g/mol. The van der Waals surface area contributed by atoms with Gasteiger partial charge < -0.3 is 9.64 Å². The summed E-state index contributed by atoms with van der Waals surface area (Å²) in [6, 6.07) is 0. The lowest BCUT2D eigenvalue weighted by Crippen LogP contribution is -2.49. The van der Waals surface area contributed by atoms with Gasteiger partial charge >= 0.3 is 6.18 Å². The zero-order valence-electron chi connectivity index (χ0n) is 9.47. The van der Waals surface area contributed by atoms with E-state index >= 15 is 0 Å². The van der Waals surface area contributed by atoms with Crippen molar-refractivity contribution in [3.8, 4) is 0 Å². The van der Waals surface area contributed by atoms with Crippen molar-refractivity contribution in [3.63, 3.8) is 0 Å². The van der Waals surface area contributed by atoms with Crippen LogP contribution in [0.1, 0.15) is 19.8 Å². The molecule has 1 saturated heterocycles. The van der Waals surface area contributed by atoms with Crippen molar-refractivity contribution >= 4 is 17.5 Å². The van der Waals surface area contributed by atoms with E-state index in [-0.39, 0.29) is 24.6 Å². The second-order valence-corrected chi connectivity index (χ2v) is 4.45. The highest BCUT2D eigenvalue weighted by Gasteiger charge is 2.32. The summed E-state index contributed by atoms with van der Waals surface area (Å²) in [6.45, 7) is 2.36. The van der Waals surface area contributed by atoms with E-state index in [2.05, 4.69) is 0 Å². The van der Waals surface area contributed by atoms with Gasteiger partial charge in [-0.1, -0.05) is 0 Å². The lowest BCUT2D eigenvalue weighted by Gasteiger charge is -2.36. The van der Waals surface area contributed by atoms with Crippen LogP contribution in [-0.2, 0) is 9.53 Å². The number of halogens is 4. The average molecular weight is 274 g/mol. The van der Waals surface area contributed by atoms with Gasteiger partial charge in [-0.2, -0.15) is 13.2 Å². The first-order valence-corrected chi connectivity index (χ1v) is 5.91. The van der Waals surface area contributed by atoms with Gasteiger partial charge in [0.15, 0.2) is 0 Å². The molecule has 0 aromatic heterocycles. The maximum absolute atomic E-state index is 12.0. The monoisotopic (exact) mass is 273 g/mol. The normalized spacial score (nSPS) is 26.1. The Balaban J connectivity index is 2.45. The Hall–Kier alpha value is -0.490. The van der Waals surface area contributed by atoms with E-state index in [0.29, 0.717) is 6.54 Å². The van der Waals surface area contributed by atoms with E-state index in [4.69, 9.17) is 16.3 Å². The molecule has 7 heteroatoms. The van der Waals surface area contributed by atoms with Gasteiger partial charge in [-0.15, -0.1) is 11.6 Å². The molecule has 100 valence electrons. The van der Waals surface area contributed by atoms with Crippen LogP contribution in [0.4, 0.5) is 13.2 Å². The molecule has 0 bridgehead atoms. The molecule has 0 aliphatic carbocycles. The van der Waals surface area contributed by atoms with E-state index in [0.717, 1.165) is 0 Å². The SMILES string of the molecule is CC1CN(C(=O)CCC(F)(F)F)CC(CCl)O1. The number of carbonyl (C=O) groups excluding carboxylic acids is 1. The topological polar surface area (TPSA) is 29.5 Å². The molecule has 2 atom stereocenters. The van der Waals surface area contributed by atoms with Crippen LogP contribution in [0.2, 0.25) is 0 Å². The van der Waals surface area contributed by atoms with Crippen molar-refractivity contribution in [1.29, 1.82) is 0 Å². The molecule has 3 nitrogen and oxygen atoms in total. The van der Waals surface area contributed by atoms with Crippen molar-refractivity contribution in [2.75, 3.05) is 19.0 Å². The van der Waals surface area contributed by atoms with Gasteiger partial charge in [0.2, 0.25) is 5.91 Å². The first kappa shape index (κ1) is 14.6. The third kappa shape index (κ3) is 5.12. The molecule has 0 radical (unpaired) electrons. The van der Waals surface area contributed by atoms with Crippen LogP contribution in [-0.4, -0.2) is 48.2 Å². The molecule has 1 fully saturated rings. The summed E-state index contributed by atoms with van der Waals surface area (Å²) >= 11 is 5.62. The third-order valence-corrected chi connectivity index (χ3v) is 2.82. The summed E-state index contributed by atoms with van der Waals surface area (Å²) in [5.41, 5.74) is 0. The minimum atomic E-state index is -4.29. The predicted molar refractivity (Wildman–Crippen MR) is 56.9 cm³/mol. The molecular formula is C10H15ClF3NO2. The molecule has 0 saturated carbocycles. The van der Waals surface area contributed by atoms with Crippen molar-refractivity contribution < 1.29 is 22.7 Å². The Morgan fingerprint density at radius 1 is 1.47 bits per heavy atom. The minimum absolute atomic E-state index is 0.192. The van der Waals surface area contributed by atoms with Crippen LogP contribution < -0.4 is 0 Å². The molecule has 2 unspecified atom stereocenters. The number of carbonyl (C=O) groups is 1. The zero-order chi connectivity index (χ0) is 13.1. The Bertz CT molecular complexity index is 273. The number of hydrogen-bond donors (Lipinski definition) is 0. The molecule has 1 aliphatic heterocycles. The van der Waals surface area contributed by atoms with E-state index < -0.39 is 24.9 Å². The van der Waals surface area contributed by atoms with Crippen LogP contribution >= 0.6 is 11.6 Å². The summed E-state index contributed by atoms with van der Waals surface area (Å²) < 4.78 is 41.4. The van der Waals surface area contributed by atoms with Gasteiger partial charge in [0.25, 0.3) is 0 Å². The smallest absolute Gasteiger partial charge is 0.370 e. The maximum atomic E-state index is 12.0. The summed E-state index contributed by atoms with van der Waals surface area (Å²) in [6.07, 6.45) is -6.37. The van der Waals surface area contributed by atoms with Crippen molar-refractivity contribution in [2.24, 2.45) is 0 Å². The van der Waals surface area contributed by atoms with Gasteiger partial charge in [0.05, 0.1) is 24.5 Å². The molecule has 17 heavy (non-hydrogen) atoms. The molecule has 0 N–H and O–H groups in total. The second kappa shape index (κ2) is 5.91.